The lowest BCUT2D eigenvalue weighted by Gasteiger charge is -2.09. The topological polar surface area (TPSA) is 102 Å². The molecule has 31 heavy (non-hydrogen) atoms. The molecule has 0 unspecified atom stereocenters. The third-order valence-electron chi connectivity index (χ3n) is 4.78. The molecule has 2 N–H and O–H groups in total. The van der Waals surface area contributed by atoms with Gasteiger partial charge in [0.05, 0.1) is 17.6 Å². The molecule has 2 heterocycles. The Hall–Kier alpha value is -3.33. The third kappa shape index (κ3) is 5.05. The molecule has 0 bridgehead atoms. The fraction of sp³-hybridized carbons (Fsp3) is 0.273. The van der Waals surface area contributed by atoms with Crippen LogP contribution in [0, 0.1) is 6.92 Å². The van der Waals surface area contributed by atoms with E-state index in [1.807, 2.05) is 17.6 Å². The third-order valence-corrected chi connectivity index (χ3v) is 5.75. The van der Waals surface area contributed by atoms with Crippen molar-refractivity contribution in [1.82, 2.24) is 20.1 Å². The number of anilines is 1. The van der Waals surface area contributed by atoms with Crippen LogP contribution < -0.4 is 10.6 Å². The first-order valence-corrected chi connectivity index (χ1v) is 11.0. The summed E-state index contributed by atoms with van der Waals surface area (Å²) in [4.78, 5) is 24.7. The van der Waals surface area contributed by atoms with Crippen LogP contribution in [0.25, 0.3) is 11.4 Å². The van der Waals surface area contributed by atoms with Crippen molar-refractivity contribution < 1.29 is 14.0 Å². The van der Waals surface area contributed by atoms with Crippen molar-refractivity contribution in [1.29, 1.82) is 0 Å². The number of aromatic nitrogens is 3. The zero-order chi connectivity index (χ0) is 21.8. The number of furan rings is 1. The van der Waals surface area contributed by atoms with Gasteiger partial charge in [0.25, 0.3) is 5.91 Å². The number of allylic oxidation sites excluding steroid dienone is 1. The van der Waals surface area contributed by atoms with E-state index in [9.17, 15) is 9.59 Å². The predicted octanol–water partition coefficient (Wildman–Crippen LogP) is 3.66. The van der Waals surface area contributed by atoms with E-state index in [0.29, 0.717) is 28.8 Å². The molecule has 0 saturated heterocycles. The highest BCUT2D eigenvalue weighted by atomic mass is 32.2. The summed E-state index contributed by atoms with van der Waals surface area (Å²) in [6.07, 6.45) is 5.41. The van der Waals surface area contributed by atoms with Crippen molar-refractivity contribution in [3.8, 4) is 11.4 Å². The van der Waals surface area contributed by atoms with Crippen molar-refractivity contribution in [3.63, 3.8) is 0 Å². The van der Waals surface area contributed by atoms with Crippen molar-refractivity contribution in [2.24, 2.45) is 0 Å². The maximum absolute atomic E-state index is 12.5. The van der Waals surface area contributed by atoms with E-state index in [1.165, 1.54) is 11.8 Å². The van der Waals surface area contributed by atoms with Gasteiger partial charge >= 0.3 is 0 Å². The lowest BCUT2D eigenvalue weighted by Crippen LogP contribution is -2.25. The van der Waals surface area contributed by atoms with Crippen molar-refractivity contribution in [2.75, 3.05) is 11.1 Å². The lowest BCUT2D eigenvalue weighted by atomic mass is 10.2. The van der Waals surface area contributed by atoms with Gasteiger partial charge in [-0.05, 0) is 44.0 Å². The van der Waals surface area contributed by atoms with Crippen LogP contribution in [-0.2, 0) is 11.3 Å². The molecule has 3 aromatic rings. The summed E-state index contributed by atoms with van der Waals surface area (Å²) < 4.78 is 7.27. The molecule has 0 spiro atoms. The SMILES string of the molecule is C=CCn1c(SCC(=O)Nc2cccc(C(=O)NC3CC3)c2)nnc1-c1ccoc1C. The van der Waals surface area contributed by atoms with Crippen LogP contribution in [0.4, 0.5) is 5.69 Å². The van der Waals surface area contributed by atoms with Crippen LogP contribution in [0.3, 0.4) is 0 Å². The molecule has 4 rings (SSSR count). The first-order valence-electron chi connectivity index (χ1n) is 9.97. The molecular formula is C22H23N5O3S. The van der Waals surface area contributed by atoms with Gasteiger partial charge in [-0.2, -0.15) is 0 Å². The Morgan fingerprint density at radius 1 is 1.32 bits per heavy atom. The van der Waals surface area contributed by atoms with Gasteiger partial charge in [0.2, 0.25) is 5.91 Å². The van der Waals surface area contributed by atoms with Gasteiger partial charge in [0.15, 0.2) is 11.0 Å². The van der Waals surface area contributed by atoms with Crippen LogP contribution >= 0.6 is 11.8 Å². The van der Waals surface area contributed by atoms with E-state index < -0.39 is 0 Å². The molecule has 1 aliphatic carbocycles. The highest BCUT2D eigenvalue weighted by Gasteiger charge is 2.24. The fourth-order valence-electron chi connectivity index (χ4n) is 3.07. The largest absolute Gasteiger partial charge is 0.469 e. The minimum absolute atomic E-state index is 0.118. The van der Waals surface area contributed by atoms with Gasteiger partial charge in [-0.1, -0.05) is 23.9 Å². The van der Waals surface area contributed by atoms with Gasteiger partial charge in [-0.25, -0.2) is 0 Å². The molecule has 0 radical (unpaired) electrons. The minimum atomic E-state index is -0.195. The highest BCUT2D eigenvalue weighted by molar-refractivity contribution is 7.99. The average molecular weight is 438 g/mol. The summed E-state index contributed by atoms with van der Waals surface area (Å²) in [5.41, 5.74) is 1.96. The zero-order valence-corrected chi connectivity index (χ0v) is 17.9. The molecule has 2 aromatic heterocycles. The molecule has 160 valence electrons. The number of aryl methyl sites for hydroxylation is 1. The van der Waals surface area contributed by atoms with Crippen LogP contribution in [0.15, 0.2) is 58.8 Å². The molecule has 1 aromatic carbocycles. The Labute approximate surface area is 184 Å². The number of carbonyl (C=O) groups excluding carboxylic acids is 2. The van der Waals surface area contributed by atoms with Crippen molar-refractivity contribution in [3.05, 3.63) is 60.6 Å². The second-order valence-corrected chi connectivity index (χ2v) is 8.20. The highest BCUT2D eigenvalue weighted by Crippen LogP contribution is 2.27. The average Bonchev–Trinajstić information content (AvgIpc) is 3.33. The summed E-state index contributed by atoms with van der Waals surface area (Å²) in [6.45, 7) is 6.17. The second kappa shape index (κ2) is 9.22. The van der Waals surface area contributed by atoms with Crippen LogP contribution in [0.2, 0.25) is 0 Å². The Morgan fingerprint density at radius 2 is 2.16 bits per heavy atom. The summed E-state index contributed by atoms with van der Waals surface area (Å²) in [6, 6.07) is 9.05. The number of amides is 2. The normalized spacial score (nSPS) is 13.1. The van der Waals surface area contributed by atoms with Crippen molar-refractivity contribution >= 4 is 29.3 Å². The fourth-order valence-corrected chi connectivity index (χ4v) is 3.81. The molecule has 9 heteroatoms. The van der Waals surface area contributed by atoms with Gasteiger partial charge in [0, 0.05) is 23.8 Å². The lowest BCUT2D eigenvalue weighted by molar-refractivity contribution is -0.113. The van der Waals surface area contributed by atoms with Crippen molar-refractivity contribution in [2.45, 2.75) is 37.5 Å². The van der Waals surface area contributed by atoms with E-state index in [4.69, 9.17) is 4.42 Å². The standard InChI is InChI=1S/C22H23N5O3S/c1-3-10-27-20(18-9-11-30-14(18)2)25-26-22(27)31-13-19(28)23-17-6-4-5-15(12-17)21(29)24-16-7-8-16/h3-6,9,11-12,16H,1,7-8,10,13H2,2H3,(H,23,28)(H,24,29). The number of hydrogen-bond acceptors (Lipinski definition) is 6. The summed E-state index contributed by atoms with van der Waals surface area (Å²) in [5.74, 6) is 1.26. The molecule has 1 fully saturated rings. The number of nitrogens with one attached hydrogen (secondary N) is 2. The molecule has 0 aliphatic heterocycles. The molecular weight excluding hydrogens is 414 g/mol. The first kappa shape index (κ1) is 20.9. The Balaban J connectivity index is 1.40. The maximum Gasteiger partial charge on any atom is 0.251 e. The second-order valence-electron chi connectivity index (χ2n) is 7.26. The number of rotatable bonds is 9. The number of carbonyl (C=O) groups is 2. The predicted molar refractivity (Wildman–Crippen MR) is 119 cm³/mol. The maximum atomic E-state index is 12.5. The molecule has 8 nitrogen and oxygen atoms in total. The van der Waals surface area contributed by atoms with E-state index in [-0.39, 0.29) is 23.6 Å². The smallest absolute Gasteiger partial charge is 0.251 e. The zero-order valence-electron chi connectivity index (χ0n) is 17.1. The summed E-state index contributed by atoms with van der Waals surface area (Å²) in [7, 11) is 0. The van der Waals surface area contributed by atoms with E-state index in [2.05, 4.69) is 27.4 Å². The molecule has 0 atom stereocenters. The van der Waals surface area contributed by atoms with Crippen LogP contribution in [0.5, 0.6) is 0 Å². The summed E-state index contributed by atoms with van der Waals surface area (Å²) >= 11 is 1.29. The van der Waals surface area contributed by atoms with Gasteiger partial charge in [0.1, 0.15) is 5.76 Å². The van der Waals surface area contributed by atoms with Gasteiger partial charge in [-0.3, -0.25) is 14.2 Å². The van der Waals surface area contributed by atoms with Gasteiger partial charge < -0.3 is 15.1 Å². The minimum Gasteiger partial charge on any atom is -0.469 e. The Bertz CT molecular complexity index is 1120. The number of hydrogen-bond donors (Lipinski definition) is 2. The number of nitrogens with zero attached hydrogens (tertiary/aromatic N) is 3. The summed E-state index contributed by atoms with van der Waals surface area (Å²) in [5, 5.41) is 14.9. The van der Waals surface area contributed by atoms with E-state index in [0.717, 1.165) is 24.2 Å². The molecule has 1 saturated carbocycles. The number of thioether (sulfide) groups is 1. The van der Waals surface area contributed by atoms with Gasteiger partial charge in [-0.15, -0.1) is 16.8 Å². The van der Waals surface area contributed by atoms with Crippen LogP contribution in [-0.4, -0.2) is 38.4 Å². The number of benzene rings is 1. The molecule has 1 aliphatic rings. The van der Waals surface area contributed by atoms with Crippen LogP contribution in [0.1, 0.15) is 29.0 Å². The Morgan fingerprint density at radius 3 is 2.87 bits per heavy atom. The first-order chi connectivity index (χ1) is 15.0. The Kier molecular flexibility index (Phi) is 6.22. The quantitative estimate of drug-likeness (QED) is 0.391. The monoisotopic (exact) mass is 437 g/mol. The molecule has 2 amide bonds. The van der Waals surface area contributed by atoms with E-state index >= 15 is 0 Å². The van der Waals surface area contributed by atoms with E-state index in [1.54, 1.807) is 36.6 Å².